The molecule has 0 aliphatic rings. The van der Waals surface area contributed by atoms with Crippen molar-refractivity contribution in [3.05, 3.63) is 34.9 Å². The molecule has 0 unspecified atom stereocenters. The van der Waals surface area contributed by atoms with E-state index in [1.165, 1.54) is 5.56 Å². The summed E-state index contributed by atoms with van der Waals surface area (Å²) in [4.78, 5) is 11.4. The van der Waals surface area contributed by atoms with Crippen LogP contribution in [-0.4, -0.2) is 13.0 Å². The van der Waals surface area contributed by atoms with Crippen molar-refractivity contribution >= 4 is 5.91 Å². The van der Waals surface area contributed by atoms with E-state index >= 15 is 0 Å². The third kappa shape index (κ3) is 1.89. The minimum absolute atomic E-state index is 0.000509. The quantitative estimate of drug-likeness (QED) is 0.734. The van der Waals surface area contributed by atoms with E-state index in [1.54, 1.807) is 7.05 Å². The maximum atomic E-state index is 11.4. The molecule has 2 heteroatoms. The number of benzene rings is 1. The molecule has 2 nitrogen and oxygen atoms in total. The van der Waals surface area contributed by atoms with Gasteiger partial charge >= 0.3 is 0 Å². The molecule has 13 heavy (non-hydrogen) atoms. The maximum absolute atomic E-state index is 11.4. The SMILES string of the molecule is CCc1c(C)cccc1C(=O)NC. The van der Waals surface area contributed by atoms with Crippen LogP contribution in [0.4, 0.5) is 0 Å². The molecule has 0 fully saturated rings. The van der Waals surface area contributed by atoms with Crippen LogP contribution >= 0.6 is 0 Å². The smallest absolute Gasteiger partial charge is 0.251 e. The van der Waals surface area contributed by atoms with Crippen molar-refractivity contribution in [1.29, 1.82) is 0 Å². The lowest BCUT2D eigenvalue weighted by atomic mass is 9.99. The standard InChI is InChI=1S/C11H15NO/c1-4-9-8(2)6-5-7-10(9)11(13)12-3/h5-7H,4H2,1-3H3,(H,12,13). The number of hydrogen-bond acceptors (Lipinski definition) is 1. The highest BCUT2D eigenvalue weighted by molar-refractivity contribution is 5.95. The Bertz CT molecular complexity index is 318. The highest BCUT2D eigenvalue weighted by Gasteiger charge is 2.09. The predicted molar refractivity (Wildman–Crippen MR) is 53.9 cm³/mol. The number of rotatable bonds is 2. The van der Waals surface area contributed by atoms with Crippen molar-refractivity contribution in [2.45, 2.75) is 20.3 Å². The van der Waals surface area contributed by atoms with E-state index in [0.717, 1.165) is 17.5 Å². The molecule has 1 aromatic rings. The Morgan fingerprint density at radius 2 is 2.15 bits per heavy atom. The summed E-state index contributed by atoms with van der Waals surface area (Å²) in [6.07, 6.45) is 0.898. The van der Waals surface area contributed by atoms with Crippen molar-refractivity contribution in [3.63, 3.8) is 0 Å². The first kappa shape index (κ1) is 9.78. The average Bonchev–Trinajstić information content (AvgIpc) is 2.16. The molecule has 1 amide bonds. The van der Waals surface area contributed by atoms with Crippen molar-refractivity contribution in [2.24, 2.45) is 0 Å². The van der Waals surface area contributed by atoms with Gasteiger partial charge in [0.05, 0.1) is 0 Å². The number of amides is 1. The fourth-order valence-corrected chi connectivity index (χ4v) is 1.52. The Morgan fingerprint density at radius 1 is 1.46 bits per heavy atom. The molecule has 0 aliphatic heterocycles. The van der Waals surface area contributed by atoms with Crippen molar-refractivity contribution < 1.29 is 4.79 Å². The van der Waals surface area contributed by atoms with Crippen molar-refractivity contribution in [3.8, 4) is 0 Å². The summed E-state index contributed by atoms with van der Waals surface area (Å²) < 4.78 is 0. The van der Waals surface area contributed by atoms with Gasteiger partial charge in [0.2, 0.25) is 0 Å². The summed E-state index contributed by atoms with van der Waals surface area (Å²) >= 11 is 0. The highest BCUT2D eigenvalue weighted by atomic mass is 16.1. The minimum atomic E-state index is 0.000509. The molecule has 0 radical (unpaired) electrons. The van der Waals surface area contributed by atoms with Gasteiger partial charge < -0.3 is 5.32 Å². The summed E-state index contributed by atoms with van der Waals surface area (Å²) in [5.41, 5.74) is 3.12. The average molecular weight is 177 g/mol. The summed E-state index contributed by atoms with van der Waals surface area (Å²) in [7, 11) is 1.66. The molecule has 0 saturated carbocycles. The third-order valence-electron chi connectivity index (χ3n) is 2.24. The molecule has 1 N–H and O–H groups in total. The Labute approximate surface area is 79.0 Å². The summed E-state index contributed by atoms with van der Waals surface area (Å²) in [6, 6.07) is 5.81. The molecule has 1 aromatic carbocycles. The number of hydrogen-bond donors (Lipinski definition) is 1. The van der Waals surface area contributed by atoms with Gasteiger partial charge in [-0.1, -0.05) is 19.1 Å². The van der Waals surface area contributed by atoms with Crippen LogP contribution in [0, 0.1) is 6.92 Å². The Hall–Kier alpha value is -1.31. The van der Waals surface area contributed by atoms with Crippen LogP contribution in [0.3, 0.4) is 0 Å². The van der Waals surface area contributed by atoms with Gasteiger partial charge in [0.1, 0.15) is 0 Å². The van der Waals surface area contributed by atoms with Gasteiger partial charge in [0, 0.05) is 12.6 Å². The number of nitrogens with one attached hydrogen (secondary N) is 1. The number of carbonyl (C=O) groups excluding carboxylic acids is 1. The largest absolute Gasteiger partial charge is 0.355 e. The molecule has 0 saturated heterocycles. The van der Waals surface area contributed by atoms with Gasteiger partial charge in [-0.25, -0.2) is 0 Å². The van der Waals surface area contributed by atoms with E-state index in [0.29, 0.717) is 0 Å². The zero-order chi connectivity index (χ0) is 9.84. The van der Waals surface area contributed by atoms with Crippen LogP contribution < -0.4 is 5.32 Å². The second-order valence-corrected chi connectivity index (χ2v) is 3.03. The van der Waals surface area contributed by atoms with Crippen LogP contribution in [-0.2, 0) is 6.42 Å². The first-order valence-electron chi connectivity index (χ1n) is 4.51. The van der Waals surface area contributed by atoms with Gasteiger partial charge in [-0.2, -0.15) is 0 Å². The summed E-state index contributed by atoms with van der Waals surface area (Å²) in [5.74, 6) is 0.000509. The Kier molecular flexibility index (Phi) is 3.07. The molecule has 70 valence electrons. The van der Waals surface area contributed by atoms with E-state index in [9.17, 15) is 4.79 Å². The van der Waals surface area contributed by atoms with Crippen LogP contribution in [0.15, 0.2) is 18.2 Å². The normalized spacial score (nSPS) is 9.77. The molecule has 0 spiro atoms. The lowest BCUT2D eigenvalue weighted by Gasteiger charge is -2.08. The third-order valence-corrected chi connectivity index (χ3v) is 2.24. The minimum Gasteiger partial charge on any atom is -0.355 e. The van der Waals surface area contributed by atoms with Gasteiger partial charge in [-0.3, -0.25) is 4.79 Å². The van der Waals surface area contributed by atoms with Crippen LogP contribution in [0.25, 0.3) is 0 Å². The molecular weight excluding hydrogens is 162 g/mol. The first-order valence-corrected chi connectivity index (χ1v) is 4.51. The fourth-order valence-electron chi connectivity index (χ4n) is 1.52. The van der Waals surface area contributed by atoms with Gasteiger partial charge in [0.15, 0.2) is 0 Å². The van der Waals surface area contributed by atoms with Gasteiger partial charge in [0.25, 0.3) is 5.91 Å². The summed E-state index contributed by atoms with van der Waals surface area (Å²) in [6.45, 7) is 4.10. The second-order valence-electron chi connectivity index (χ2n) is 3.03. The Balaban J connectivity index is 3.20. The van der Waals surface area contributed by atoms with Crippen molar-refractivity contribution in [2.75, 3.05) is 7.05 Å². The molecule has 0 atom stereocenters. The van der Waals surface area contributed by atoms with Crippen LogP contribution in [0.2, 0.25) is 0 Å². The summed E-state index contributed by atoms with van der Waals surface area (Å²) in [5, 5.41) is 2.64. The van der Waals surface area contributed by atoms with E-state index in [2.05, 4.69) is 12.2 Å². The zero-order valence-electron chi connectivity index (χ0n) is 8.35. The molecular formula is C11H15NO. The molecule has 1 rings (SSSR count). The fraction of sp³-hybridized carbons (Fsp3) is 0.364. The van der Waals surface area contributed by atoms with Crippen LogP contribution in [0.1, 0.15) is 28.4 Å². The molecule has 0 aromatic heterocycles. The predicted octanol–water partition coefficient (Wildman–Crippen LogP) is 1.92. The van der Waals surface area contributed by atoms with E-state index in [-0.39, 0.29) is 5.91 Å². The van der Waals surface area contributed by atoms with E-state index in [1.807, 2.05) is 25.1 Å². The number of aryl methyl sites for hydroxylation is 1. The van der Waals surface area contributed by atoms with E-state index in [4.69, 9.17) is 0 Å². The second kappa shape index (κ2) is 4.08. The number of carbonyl (C=O) groups is 1. The lowest BCUT2D eigenvalue weighted by molar-refractivity contribution is 0.0962. The molecule has 0 aliphatic carbocycles. The zero-order valence-corrected chi connectivity index (χ0v) is 8.35. The van der Waals surface area contributed by atoms with Crippen molar-refractivity contribution in [1.82, 2.24) is 5.32 Å². The van der Waals surface area contributed by atoms with Gasteiger partial charge in [-0.05, 0) is 30.5 Å². The molecule has 0 bridgehead atoms. The Morgan fingerprint density at radius 3 is 2.69 bits per heavy atom. The van der Waals surface area contributed by atoms with E-state index < -0.39 is 0 Å². The topological polar surface area (TPSA) is 29.1 Å². The maximum Gasteiger partial charge on any atom is 0.251 e. The highest BCUT2D eigenvalue weighted by Crippen LogP contribution is 2.14. The van der Waals surface area contributed by atoms with Crippen LogP contribution in [0.5, 0.6) is 0 Å². The molecule has 0 heterocycles. The van der Waals surface area contributed by atoms with Gasteiger partial charge in [-0.15, -0.1) is 0 Å². The monoisotopic (exact) mass is 177 g/mol. The first-order chi connectivity index (χ1) is 6.20. The lowest BCUT2D eigenvalue weighted by Crippen LogP contribution is -2.19.